The van der Waals surface area contributed by atoms with Crippen LogP contribution in [-0.2, 0) is 0 Å². The molecule has 0 radical (unpaired) electrons. The van der Waals surface area contributed by atoms with Crippen LogP contribution in [0.3, 0.4) is 0 Å². The summed E-state index contributed by atoms with van der Waals surface area (Å²) in [5, 5.41) is 0. The van der Waals surface area contributed by atoms with Crippen molar-refractivity contribution in [3.05, 3.63) is 48.7 Å². The molecular weight excluding hydrogens is 314 g/mol. The summed E-state index contributed by atoms with van der Waals surface area (Å²) < 4.78 is 0. The molecule has 1 aliphatic heterocycles. The van der Waals surface area contributed by atoms with E-state index in [4.69, 9.17) is 0 Å². The third kappa shape index (κ3) is 3.58. The molecule has 3 rings (SSSR count). The summed E-state index contributed by atoms with van der Waals surface area (Å²) in [5.41, 5.74) is 1.59. The van der Waals surface area contributed by atoms with Crippen molar-refractivity contribution >= 4 is 23.2 Å². The van der Waals surface area contributed by atoms with Crippen LogP contribution in [0.5, 0.6) is 0 Å². The Balaban J connectivity index is 1.82. The number of amides is 2. The van der Waals surface area contributed by atoms with Crippen LogP contribution in [0.25, 0.3) is 0 Å². The molecule has 0 saturated carbocycles. The number of benzene rings is 1. The van der Waals surface area contributed by atoms with E-state index in [0.717, 1.165) is 30.3 Å². The Bertz CT molecular complexity index is 708. The van der Waals surface area contributed by atoms with Crippen molar-refractivity contribution in [3.63, 3.8) is 0 Å². The quantitative estimate of drug-likeness (QED) is 0.859. The molecule has 0 atom stereocenters. The summed E-state index contributed by atoms with van der Waals surface area (Å²) in [5.74, 6) is 0.951. The van der Waals surface area contributed by atoms with E-state index in [2.05, 4.69) is 28.9 Å². The van der Waals surface area contributed by atoms with Gasteiger partial charge in [0.1, 0.15) is 5.82 Å². The summed E-state index contributed by atoms with van der Waals surface area (Å²) in [6, 6.07) is 14.1. The molecule has 6 nitrogen and oxygen atoms in total. The Hall–Kier alpha value is -2.60. The summed E-state index contributed by atoms with van der Waals surface area (Å²) >= 11 is 0. The zero-order valence-corrected chi connectivity index (χ0v) is 15.3. The van der Waals surface area contributed by atoms with E-state index in [1.54, 1.807) is 30.1 Å². The average Bonchev–Trinajstić information content (AvgIpc) is 2.55. The maximum absolute atomic E-state index is 12.7. The SMILES string of the molecule is CN(C)C(=O)N(c1ccccc1)c1ccc(N2CC(N(C)C)C2)nc1. The van der Waals surface area contributed by atoms with Gasteiger partial charge in [-0.3, -0.25) is 4.90 Å². The lowest BCUT2D eigenvalue weighted by Gasteiger charge is -2.43. The molecule has 1 aromatic heterocycles. The molecule has 0 aliphatic carbocycles. The number of carbonyl (C=O) groups is 1. The first-order valence-corrected chi connectivity index (χ1v) is 8.41. The Morgan fingerprint density at radius 3 is 2.20 bits per heavy atom. The first kappa shape index (κ1) is 17.2. The van der Waals surface area contributed by atoms with Crippen LogP contribution >= 0.6 is 0 Å². The molecule has 2 amide bonds. The first-order chi connectivity index (χ1) is 12.0. The van der Waals surface area contributed by atoms with Crippen molar-refractivity contribution in [2.75, 3.05) is 51.1 Å². The molecule has 0 unspecified atom stereocenters. The maximum atomic E-state index is 12.7. The maximum Gasteiger partial charge on any atom is 0.328 e. The second-order valence-corrected chi connectivity index (χ2v) is 6.74. The number of hydrogen-bond acceptors (Lipinski definition) is 4. The fourth-order valence-electron chi connectivity index (χ4n) is 2.81. The van der Waals surface area contributed by atoms with Gasteiger partial charge < -0.3 is 14.7 Å². The van der Waals surface area contributed by atoms with Gasteiger partial charge in [0.2, 0.25) is 0 Å². The van der Waals surface area contributed by atoms with Gasteiger partial charge in [-0.05, 0) is 38.4 Å². The lowest BCUT2D eigenvalue weighted by molar-refractivity contribution is 0.226. The van der Waals surface area contributed by atoms with Crippen LogP contribution in [0.2, 0.25) is 0 Å². The minimum Gasteiger partial charge on any atom is -0.353 e. The molecule has 25 heavy (non-hydrogen) atoms. The number of rotatable bonds is 4. The lowest BCUT2D eigenvalue weighted by atomic mass is 10.1. The highest BCUT2D eigenvalue weighted by Gasteiger charge is 2.29. The minimum atomic E-state index is -0.0997. The van der Waals surface area contributed by atoms with E-state index in [1.807, 2.05) is 42.5 Å². The van der Waals surface area contributed by atoms with E-state index < -0.39 is 0 Å². The van der Waals surface area contributed by atoms with E-state index >= 15 is 0 Å². The summed E-state index contributed by atoms with van der Waals surface area (Å²) in [7, 11) is 7.70. The van der Waals surface area contributed by atoms with Crippen molar-refractivity contribution in [3.8, 4) is 0 Å². The molecule has 6 heteroatoms. The van der Waals surface area contributed by atoms with Gasteiger partial charge in [0.15, 0.2) is 0 Å². The molecule has 2 heterocycles. The number of aromatic nitrogens is 1. The van der Waals surface area contributed by atoms with Crippen LogP contribution < -0.4 is 9.80 Å². The third-order valence-corrected chi connectivity index (χ3v) is 4.50. The second-order valence-electron chi connectivity index (χ2n) is 6.74. The van der Waals surface area contributed by atoms with Crippen molar-refractivity contribution < 1.29 is 4.79 Å². The van der Waals surface area contributed by atoms with Gasteiger partial charge in [-0.25, -0.2) is 9.78 Å². The minimum absolute atomic E-state index is 0.0997. The van der Waals surface area contributed by atoms with E-state index in [1.165, 1.54) is 0 Å². The lowest BCUT2D eigenvalue weighted by Crippen LogP contribution is -2.57. The number of nitrogens with zero attached hydrogens (tertiary/aromatic N) is 5. The average molecular weight is 339 g/mol. The highest BCUT2D eigenvalue weighted by atomic mass is 16.2. The van der Waals surface area contributed by atoms with Crippen LogP contribution in [-0.4, -0.2) is 68.1 Å². The molecule has 132 valence electrons. The second kappa shape index (κ2) is 7.11. The highest BCUT2D eigenvalue weighted by Crippen LogP contribution is 2.28. The van der Waals surface area contributed by atoms with Crippen LogP contribution in [0.15, 0.2) is 48.7 Å². The monoisotopic (exact) mass is 339 g/mol. The Morgan fingerprint density at radius 1 is 1.00 bits per heavy atom. The van der Waals surface area contributed by atoms with Gasteiger partial charge in [0, 0.05) is 33.2 Å². The molecule has 2 aromatic rings. The Kier molecular flexibility index (Phi) is 4.90. The molecular formula is C19H25N5O. The van der Waals surface area contributed by atoms with E-state index in [0.29, 0.717) is 6.04 Å². The first-order valence-electron chi connectivity index (χ1n) is 8.41. The predicted molar refractivity (Wildman–Crippen MR) is 102 cm³/mol. The topological polar surface area (TPSA) is 42.9 Å². The third-order valence-electron chi connectivity index (χ3n) is 4.50. The Morgan fingerprint density at radius 2 is 1.68 bits per heavy atom. The number of urea groups is 1. The molecule has 1 saturated heterocycles. The van der Waals surface area contributed by atoms with E-state index in [9.17, 15) is 4.79 Å². The smallest absolute Gasteiger partial charge is 0.328 e. The standard InChI is InChI=1S/C19H25N5O/c1-21(2)17-13-23(14-17)18-11-10-16(12-20-18)24(19(25)22(3)4)15-8-6-5-7-9-15/h5-12,17H,13-14H2,1-4H3. The predicted octanol–water partition coefficient (Wildman–Crippen LogP) is 2.65. The summed E-state index contributed by atoms with van der Waals surface area (Å²) in [4.78, 5) is 25.0. The van der Waals surface area contributed by atoms with Gasteiger partial charge in [-0.2, -0.15) is 0 Å². The normalized spacial score (nSPS) is 14.4. The van der Waals surface area contributed by atoms with Crippen LogP contribution in [0, 0.1) is 0 Å². The van der Waals surface area contributed by atoms with Crippen LogP contribution in [0.4, 0.5) is 22.0 Å². The van der Waals surface area contributed by atoms with E-state index in [-0.39, 0.29) is 6.03 Å². The van der Waals surface area contributed by atoms with Gasteiger partial charge in [0.05, 0.1) is 17.6 Å². The zero-order valence-electron chi connectivity index (χ0n) is 15.3. The van der Waals surface area contributed by atoms with Crippen molar-refractivity contribution in [2.24, 2.45) is 0 Å². The molecule has 0 spiro atoms. The van der Waals surface area contributed by atoms with Gasteiger partial charge in [-0.15, -0.1) is 0 Å². The molecule has 1 fully saturated rings. The van der Waals surface area contributed by atoms with Gasteiger partial charge in [0.25, 0.3) is 0 Å². The number of likely N-dealkylation sites (N-methyl/N-ethyl adjacent to an activating group) is 1. The fourth-order valence-corrected chi connectivity index (χ4v) is 2.81. The molecule has 1 aliphatic rings. The molecule has 0 bridgehead atoms. The van der Waals surface area contributed by atoms with Crippen molar-refractivity contribution in [2.45, 2.75) is 6.04 Å². The Labute approximate surface area is 149 Å². The number of hydrogen-bond donors (Lipinski definition) is 0. The fraction of sp³-hybridized carbons (Fsp3) is 0.368. The van der Waals surface area contributed by atoms with Gasteiger partial charge in [-0.1, -0.05) is 18.2 Å². The van der Waals surface area contributed by atoms with Crippen molar-refractivity contribution in [1.82, 2.24) is 14.8 Å². The summed E-state index contributed by atoms with van der Waals surface area (Å²) in [6.07, 6.45) is 1.77. The van der Waals surface area contributed by atoms with Crippen molar-refractivity contribution in [1.29, 1.82) is 0 Å². The molecule has 0 N–H and O–H groups in total. The largest absolute Gasteiger partial charge is 0.353 e. The highest BCUT2D eigenvalue weighted by molar-refractivity contribution is 5.99. The molecule has 1 aromatic carbocycles. The van der Waals surface area contributed by atoms with Gasteiger partial charge >= 0.3 is 6.03 Å². The zero-order chi connectivity index (χ0) is 18.0. The number of carbonyl (C=O) groups excluding carboxylic acids is 1. The number of anilines is 3. The number of pyridine rings is 1. The summed E-state index contributed by atoms with van der Waals surface area (Å²) in [6.45, 7) is 1.97. The van der Waals surface area contributed by atoms with Crippen LogP contribution in [0.1, 0.15) is 0 Å². The number of para-hydroxylation sites is 1.